The fraction of sp³-hybridized carbons (Fsp3) is 0.500. The Bertz CT molecular complexity index is 440. The predicted molar refractivity (Wildman–Crippen MR) is 78.2 cm³/mol. The highest BCUT2D eigenvalue weighted by Gasteiger charge is 2.23. The van der Waals surface area contributed by atoms with Crippen LogP contribution in [0.2, 0.25) is 0 Å². The summed E-state index contributed by atoms with van der Waals surface area (Å²) in [5.41, 5.74) is 1.03. The minimum absolute atomic E-state index is 0.0750. The normalized spacial score (nSPS) is 11.7. The second-order valence-corrected chi connectivity index (χ2v) is 4.60. The minimum atomic E-state index is -0.147. The molecule has 0 aliphatic carbocycles. The zero-order valence-electron chi connectivity index (χ0n) is 12.2. The molecule has 0 radical (unpaired) electrons. The van der Waals surface area contributed by atoms with Crippen molar-refractivity contribution < 1.29 is 9.53 Å². The van der Waals surface area contributed by atoms with Gasteiger partial charge in [-0.2, -0.15) is 5.26 Å². The lowest BCUT2D eigenvalue weighted by Crippen LogP contribution is -2.38. The van der Waals surface area contributed by atoms with Crippen LogP contribution < -0.4 is 0 Å². The third-order valence-electron chi connectivity index (χ3n) is 3.28. The Balaban J connectivity index is 2.82. The molecule has 1 amide bonds. The summed E-state index contributed by atoms with van der Waals surface area (Å²) in [4.78, 5) is 14.4. The monoisotopic (exact) mass is 274 g/mol. The van der Waals surface area contributed by atoms with E-state index in [1.165, 1.54) is 0 Å². The van der Waals surface area contributed by atoms with Crippen LogP contribution in [0.3, 0.4) is 0 Å². The van der Waals surface area contributed by atoms with Crippen LogP contribution in [0.15, 0.2) is 30.3 Å². The summed E-state index contributed by atoms with van der Waals surface area (Å²) in [5.74, 6) is -0.0715. The van der Waals surface area contributed by atoms with Crippen molar-refractivity contribution in [3.63, 3.8) is 0 Å². The molecule has 0 aromatic heterocycles. The number of nitriles is 1. The molecular weight excluding hydrogens is 252 g/mol. The largest absolute Gasteiger partial charge is 0.383 e. The summed E-state index contributed by atoms with van der Waals surface area (Å²) in [7, 11) is 1.61. The predicted octanol–water partition coefficient (Wildman–Crippen LogP) is 2.57. The average molecular weight is 274 g/mol. The van der Waals surface area contributed by atoms with E-state index in [4.69, 9.17) is 10.00 Å². The van der Waals surface area contributed by atoms with Gasteiger partial charge in [0.1, 0.15) is 0 Å². The van der Waals surface area contributed by atoms with E-state index in [1.807, 2.05) is 37.3 Å². The van der Waals surface area contributed by atoms with Crippen molar-refractivity contribution in [2.45, 2.75) is 25.7 Å². The standard InChI is InChI=1S/C16H22N2O2/c1-3-15(14-8-5-4-6-9-14)16(19)18(11-7-10-17)12-13-20-2/h4-6,8-9,15H,3,7,11-13H2,1-2H3. The SMILES string of the molecule is CCC(C(=O)N(CCC#N)CCOC)c1ccccc1. The van der Waals surface area contributed by atoms with E-state index < -0.39 is 0 Å². The molecule has 0 N–H and O–H groups in total. The molecule has 0 bridgehead atoms. The maximum Gasteiger partial charge on any atom is 0.230 e. The molecule has 0 heterocycles. The fourth-order valence-corrected chi connectivity index (χ4v) is 2.18. The molecular formula is C16H22N2O2. The molecule has 1 atom stereocenters. The van der Waals surface area contributed by atoms with Gasteiger partial charge in [0, 0.05) is 20.2 Å². The highest BCUT2D eigenvalue weighted by Crippen LogP contribution is 2.22. The molecule has 0 saturated carbocycles. The van der Waals surface area contributed by atoms with E-state index in [-0.39, 0.29) is 11.8 Å². The van der Waals surface area contributed by atoms with Crippen LogP contribution in [-0.4, -0.2) is 37.6 Å². The summed E-state index contributed by atoms with van der Waals surface area (Å²) >= 11 is 0. The van der Waals surface area contributed by atoms with Gasteiger partial charge in [-0.1, -0.05) is 37.3 Å². The van der Waals surface area contributed by atoms with Crippen LogP contribution in [0, 0.1) is 11.3 Å². The molecule has 108 valence electrons. The molecule has 0 fully saturated rings. The van der Waals surface area contributed by atoms with E-state index in [0.29, 0.717) is 26.1 Å². The van der Waals surface area contributed by atoms with Crippen molar-refractivity contribution in [3.05, 3.63) is 35.9 Å². The molecule has 1 aromatic rings. The van der Waals surface area contributed by atoms with Crippen LogP contribution in [0.5, 0.6) is 0 Å². The summed E-state index contributed by atoms with van der Waals surface area (Å²) < 4.78 is 5.04. The Morgan fingerprint density at radius 3 is 2.60 bits per heavy atom. The Kier molecular flexibility index (Phi) is 7.38. The van der Waals surface area contributed by atoms with Crippen molar-refractivity contribution >= 4 is 5.91 Å². The lowest BCUT2D eigenvalue weighted by atomic mass is 9.95. The summed E-state index contributed by atoms with van der Waals surface area (Å²) in [6.07, 6.45) is 1.10. The number of nitrogens with zero attached hydrogens (tertiary/aromatic N) is 2. The lowest BCUT2D eigenvalue weighted by Gasteiger charge is -2.26. The van der Waals surface area contributed by atoms with Crippen LogP contribution in [0.4, 0.5) is 0 Å². The van der Waals surface area contributed by atoms with Gasteiger partial charge >= 0.3 is 0 Å². The molecule has 0 saturated heterocycles. The summed E-state index contributed by atoms with van der Waals surface area (Å²) in [5, 5.41) is 8.72. The molecule has 1 rings (SSSR count). The van der Waals surface area contributed by atoms with E-state index in [0.717, 1.165) is 12.0 Å². The van der Waals surface area contributed by atoms with Crippen molar-refractivity contribution in [3.8, 4) is 6.07 Å². The molecule has 4 nitrogen and oxygen atoms in total. The van der Waals surface area contributed by atoms with Gasteiger partial charge in [-0.25, -0.2) is 0 Å². The number of hydrogen-bond acceptors (Lipinski definition) is 3. The van der Waals surface area contributed by atoms with Gasteiger partial charge in [-0.3, -0.25) is 4.79 Å². The highest BCUT2D eigenvalue weighted by molar-refractivity contribution is 5.83. The number of carbonyl (C=O) groups is 1. The number of hydrogen-bond donors (Lipinski definition) is 0. The third-order valence-corrected chi connectivity index (χ3v) is 3.28. The first-order valence-electron chi connectivity index (χ1n) is 6.94. The second-order valence-electron chi connectivity index (χ2n) is 4.60. The number of rotatable bonds is 8. The Morgan fingerprint density at radius 1 is 1.35 bits per heavy atom. The zero-order valence-corrected chi connectivity index (χ0v) is 12.2. The minimum Gasteiger partial charge on any atom is -0.383 e. The van der Waals surface area contributed by atoms with Gasteiger partial charge in [-0.05, 0) is 12.0 Å². The number of ether oxygens (including phenoxy) is 1. The van der Waals surface area contributed by atoms with Gasteiger partial charge < -0.3 is 9.64 Å². The van der Waals surface area contributed by atoms with Crippen LogP contribution in [0.1, 0.15) is 31.2 Å². The molecule has 0 aliphatic rings. The van der Waals surface area contributed by atoms with Gasteiger partial charge in [0.2, 0.25) is 5.91 Å². The van der Waals surface area contributed by atoms with E-state index in [2.05, 4.69) is 6.07 Å². The topological polar surface area (TPSA) is 53.3 Å². The van der Waals surface area contributed by atoms with Gasteiger partial charge in [0.25, 0.3) is 0 Å². The number of amides is 1. The maximum absolute atomic E-state index is 12.6. The quantitative estimate of drug-likeness (QED) is 0.732. The first-order chi connectivity index (χ1) is 9.74. The molecule has 4 heteroatoms. The van der Waals surface area contributed by atoms with Crippen LogP contribution in [0.25, 0.3) is 0 Å². The molecule has 1 aromatic carbocycles. The zero-order chi connectivity index (χ0) is 14.8. The average Bonchev–Trinajstić information content (AvgIpc) is 2.49. The molecule has 0 spiro atoms. The number of carbonyl (C=O) groups excluding carboxylic acids is 1. The molecule has 1 unspecified atom stereocenters. The summed E-state index contributed by atoms with van der Waals surface area (Å²) in [6.45, 7) is 3.49. The van der Waals surface area contributed by atoms with Gasteiger partial charge in [0.05, 0.1) is 25.0 Å². The fourth-order valence-electron chi connectivity index (χ4n) is 2.18. The van der Waals surface area contributed by atoms with E-state index in [9.17, 15) is 4.79 Å². The van der Waals surface area contributed by atoms with Crippen molar-refractivity contribution in [1.29, 1.82) is 5.26 Å². The highest BCUT2D eigenvalue weighted by atomic mass is 16.5. The first-order valence-corrected chi connectivity index (χ1v) is 6.94. The van der Waals surface area contributed by atoms with Crippen molar-refractivity contribution in [1.82, 2.24) is 4.90 Å². The molecule has 20 heavy (non-hydrogen) atoms. The van der Waals surface area contributed by atoms with Crippen molar-refractivity contribution in [2.75, 3.05) is 26.8 Å². The smallest absolute Gasteiger partial charge is 0.230 e. The molecule has 0 aliphatic heterocycles. The second kappa shape index (κ2) is 9.11. The Labute approximate surface area is 121 Å². The lowest BCUT2D eigenvalue weighted by molar-refractivity contribution is -0.133. The Hall–Kier alpha value is -1.86. The van der Waals surface area contributed by atoms with E-state index >= 15 is 0 Å². The van der Waals surface area contributed by atoms with E-state index in [1.54, 1.807) is 12.0 Å². The summed E-state index contributed by atoms with van der Waals surface area (Å²) in [6, 6.07) is 11.9. The van der Waals surface area contributed by atoms with Crippen molar-refractivity contribution in [2.24, 2.45) is 0 Å². The first kappa shape index (κ1) is 16.2. The number of methoxy groups -OCH3 is 1. The number of benzene rings is 1. The van der Waals surface area contributed by atoms with Gasteiger partial charge in [-0.15, -0.1) is 0 Å². The Morgan fingerprint density at radius 2 is 2.05 bits per heavy atom. The maximum atomic E-state index is 12.6. The van der Waals surface area contributed by atoms with Crippen LogP contribution >= 0.6 is 0 Å². The van der Waals surface area contributed by atoms with Crippen LogP contribution in [-0.2, 0) is 9.53 Å². The third kappa shape index (κ3) is 4.67. The van der Waals surface area contributed by atoms with Gasteiger partial charge in [0.15, 0.2) is 0 Å².